The van der Waals surface area contributed by atoms with Crippen molar-refractivity contribution in [1.29, 1.82) is 0 Å². The van der Waals surface area contributed by atoms with Crippen LogP contribution in [-0.4, -0.2) is 57.3 Å². The lowest BCUT2D eigenvalue weighted by molar-refractivity contribution is -0.132. The third kappa shape index (κ3) is 18.1. The van der Waals surface area contributed by atoms with Crippen LogP contribution in [0.5, 0.6) is 0 Å². The SMILES string of the molecule is CCC/C=C/CCCC(O)C(O)C(CO)NC(=O)C(O)CCCCCCCCCCCCC. The summed E-state index contributed by atoms with van der Waals surface area (Å²) < 4.78 is 0. The molecule has 5 N–H and O–H groups in total. The number of aliphatic hydroxyl groups excluding tert-OH is 4. The van der Waals surface area contributed by atoms with Crippen molar-refractivity contribution >= 4 is 5.91 Å². The van der Waals surface area contributed by atoms with Crippen molar-refractivity contribution in [2.75, 3.05) is 6.61 Å². The van der Waals surface area contributed by atoms with E-state index in [2.05, 4.69) is 31.3 Å². The van der Waals surface area contributed by atoms with E-state index in [9.17, 15) is 25.2 Å². The Hall–Kier alpha value is -0.950. The van der Waals surface area contributed by atoms with Gasteiger partial charge in [0.2, 0.25) is 5.91 Å². The Balaban J connectivity index is 3.97. The van der Waals surface area contributed by atoms with Crippen LogP contribution in [0.3, 0.4) is 0 Å². The molecule has 0 aromatic rings. The van der Waals surface area contributed by atoms with E-state index in [1.165, 1.54) is 51.4 Å². The van der Waals surface area contributed by atoms with Crippen molar-refractivity contribution < 1.29 is 25.2 Å². The second-order valence-corrected chi connectivity index (χ2v) is 9.39. The quantitative estimate of drug-likeness (QED) is 0.109. The lowest BCUT2D eigenvalue weighted by Gasteiger charge is -2.27. The van der Waals surface area contributed by atoms with Crippen LogP contribution in [-0.2, 0) is 4.79 Å². The number of carbonyl (C=O) groups excluding carboxylic acids is 1. The zero-order valence-electron chi connectivity index (χ0n) is 21.4. The van der Waals surface area contributed by atoms with Crippen LogP contribution in [0.4, 0.5) is 0 Å². The fraction of sp³-hybridized carbons (Fsp3) is 0.889. The number of rotatable bonds is 23. The number of hydrogen-bond donors (Lipinski definition) is 5. The molecule has 4 unspecified atom stereocenters. The number of hydrogen-bond acceptors (Lipinski definition) is 5. The van der Waals surface area contributed by atoms with Crippen molar-refractivity contribution in [3.05, 3.63) is 12.2 Å². The largest absolute Gasteiger partial charge is 0.394 e. The molecule has 0 aromatic heterocycles. The molecular formula is C27H53NO5. The summed E-state index contributed by atoms with van der Waals surface area (Å²) in [7, 11) is 0. The number of unbranched alkanes of at least 4 members (excludes halogenated alkanes) is 12. The molecule has 33 heavy (non-hydrogen) atoms. The van der Waals surface area contributed by atoms with E-state index >= 15 is 0 Å². The van der Waals surface area contributed by atoms with Gasteiger partial charge in [0.1, 0.15) is 12.2 Å². The highest BCUT2D eigenvalue weighted by atomic mass is 16.3. The molecule has 0 bridgehead atoms. The van der Waals surface area contributed by atoms with Gasteiger partial charge >= 0.3 is 0 Å². The van der Waals surface area contributed by atoms with Gasteiger partial charge in [-0.05, 0) is 32.1 Å². The Kier molecular flexibility index (Phi) is 22.2. The Morgan fingerprint density at radius 1 is 0.727 bits per heavy atom. The summed E-state index contributed by atoms with van der Waals surface area (Å²) in [6.07, 6.45) is 18.4. The molecule has 0 aliphatic rings. The van der Waals surface area contributed by atoms with Crippen LogP contribution >= 0.6 is 0 Å². The van der Waals surface area contributed by atoms with Gasteiger partial charge in [0, 0.05) is 0 Å². The number of nitrogens with one attached hydrogen (secondary N) is 1. The molecule has 1 amide bonds. The molecule has 6 nitrogen and oxygen atoms in total. The average molecular weight is 472 g/mol. The molecule has 0 aromatic carbocycles. The second kappa shape index (κ2) is 22.8. The third-order valence-corrected chi connectivity index (χ3v) is 6.21. The summed E-state index contributed by atoms with van der Waals surface area (Å²) in [5.74, 6) is -0.602. The highest BCUT2D eigenvalue weighted by molar-refractivity contribution is 5.80. The van der Waals surface area contributed by atoms with Gasteiger partial charge in [0.25, 0.3) is 0 Å². The molecular weight excluding hydrogens is 418 g/mol. The van der Waals surface area contributed by atoms with Crippen LogP contribution in [0.1, 0.15) is 123 Å². The molecule has 0 saturated carbocycles. The lowest BCUT2D eigenvalue weighted by Crippen LogP contribution is -2.53. The van der Waals surface area contributed by atoms with Crippen LogP contribution in [0.15, 0.2) is 12.2 Å². The molecule has 4 atom stereocenters. The molecule has 0 aliphatic carbocycles. The minimum Gasteiger partial charge on any atom is -0.394 e. The van der Waals surface area contributed by atoms with Gasteiger partial charge in [-0.15, -0.1) is 0 Å². The highest BCUT2D eigenvalue weighted by Gasteiger charge is 2.28. The van der Waals surface area contributed by atoms with Gasteiger partial charge in [-0.3, -0.25) is 4.79 Å². The minimum atomic E-state index is -1.27. The molecule has 0 rings (SSSR count). The summed E-state index contributed by atoms with van der Waals surface area (Å²) in [6, 6.07) is -0.991. The van der Waals surface area contributed by atoms with Crippen molar-refractivity contribution in [2.45, 2.75) is 147 Å². The van der Waals surface area contributed by atoms with Crippen molar-refractivity contribution in [3.8, 4) is 0 Å². The van der Waals surface area contributed by atoms with Gasteiger partial charge in [-0.2, -0.15) is 0 Å². The molecule has 0 radical (unpaired) electrons. The summed E-state index contributed by atoms with van der Waals surface area (Å²) in [4.78, 5) is 12.2. The van der Waals surface area contributed by atoms with Crippen LogP contribution in [0, 0.1) is 0 Å². The standard InChI is InChI=1S/C27H53NO5/c1-3-5-7-9-11-12-13-14-15-17-19-21-25(31)27(33)28-23(22-29)26(32)24(30)20-18-16-10-8-6-4-2/h8,10,23-26,29-32H,3-7,9,11-22H2,1-2H3,(H,28,33)/b10-8+. The van der Waals surface area contributed by atoms with E-state index in [1.807, 2.05) is 0 Å². The van der Waals surface area contributed by atoms with E-state index in [0.717, 1.165) is 38.5 Å². The topological polar surface area (TPSA) is 110 Å². The van der Waals surface area contributed by atoms with E-state index in [-0.39, 0.29) is 0 Å². The average Bonchev–Trinajstić information content (AvgIpc) is 2.82. The summed E-state index contributed by atoms with van der Waals surface area (Å²) in [5.41, 5.74) is 0. The Bertz CT molecular complexity index is 471. The second-order valence-electron chi connectivity index (χ2n) is 9.39. The highest BCUT2D eigenvalue weighted by Crippen LogP contribution is 2.13. The molecule has 0 saturated heterocycles. The molecule has 6 heteroatoms. The fourth-order valence-electron chi connectivity index (χ4n) is 3.94. The Morgan fingerprint density at radius 2 is 1.27 bits per heavy atom. The van der Waals surface area contributed by atoms with E-state index in [0.29, 0.717) is 19.3 Å². The summed E-state index contributed by atoms with van der Waals surface area (Å²) >= 11 is 0. The summed E-state index contributed by atoms with van der Waals surface area (Å²) in [5, 5.41) is 42.7. The maximum Gasteiger partial charge on any atom is 0.249 e. The molecule has 0 spiro atoms. The van der Waals surface area contributed by atoms with Gasteiger partial charge in [0.05, 0.1) is 18.8 Å². The van der Waals surface area contributed by atoms with Gasteiger partial charge in [-0.1, -0.05) is 103 Å². The van der Waals surface area contributed by atoms with Gasteiger partial charge < -0.3 is 25.7 Å². The van der Waals surface area contributed by atoms with Crippen molar-refractivity contribution in [1.82, 2.24) is 5.32 Å². The van der Waals surface area contributed by atoms with Crippen molar-refractivity contribution in [3.63, 3.8) is 0 Å². The normalized spacial score (nSPS) is 15.5. The summed E-state index contributed by atoms with van der Waals surface area (Å²) in [6.45, 7) is 3.85. The fourth-order valence-corrected chi connectivity index (χ4v) is 3.94. The smallest absolute Gasteiger partial charge is 0.249 e. The first-order valence-electron chi connectivity index (χ1n) is 13.6. The number of allylic oxidation sites excluding steroid dienone is 2. The maximum atomic E-state index is 12.2. The first-order chi connectivity index (χ1) is 16.0. The van der Waals surface area contributed by atoms with Gasteiger partial charge in [-0.25, -0.2) is 0 Å². The zero-order valence-corrected chi connectivity index (χ0v) is 21.4. The predicted octanol–water partition coefficient (Wildman–Crippen LogP) is 4.77. The Morgan fingerprint density at radius 3 is 1.82 bits per heavy atom. The van der Waals surface area contributed by atoms with Crippen molar-refractivity contribution in [2.24, 2.45) is 0 Å². The molecule has 0 fully saturated rings. The molecule has 0 aliphatic heterocycles. The number of carbonyl (C=O) groups is 1. The van der Waals surface area contributed by atoms with Crippen LogP contribution in [0.25, 0.3) is 0 Å². The maximum absolute atomic E-state index is 12.2. The van der Waals surface area contributed by atoms with E-state index in [1.54, 1.807) is 0 Å². The van der Waals surface area contributed by atoms with E-state index in [4.69, 9.17) is 0 Å². The van der Waals surface area contributed by atoms with Crippen LogP contribution < -0.4 is 5.32 Å². The zero-order chi connectivity index (χ0) is 24.7. The predicted molar refractivity (Wildman–Crippen MR) is 136 cm³/mol. The first kappa shape index (κ1) is 32.0. The molecule has 0 heterocycles. The monoisotopic (exact) mass is 471 g/mol. The minimum absolute atomic E-state index is 0.365. The number of amides is 1. The third-order valence-electron chi connectivity index (χ3n) is 6.21. The van der Waals surface area contributed by atoms with E-state index < -0.39 is 36.9 Å². The molecule has 196 valence electrons. The van der Waals surface area contributed by atoms with Crippen LogP contribution in [0.2, 0.25) is 0 Å². The first-order valence-corrected chi connectivity index (χ1v) is 13.6. The Labute approximate surface area is 202 Å². The lowest BCUT2D eigenvalue weighted by atomic mass is 10.00. The van der Waals surface area contributed by atoms with Gasteiger partial charge in [0.15, 0.2) is 0 Å². The number of aliphatic hydroxyl groups is 4.